The van der Waals surface area contributed by atoms with Crippen molar-refractivity contribution in [1.29, 1.82) is 0 Å². The molecule has 2 aromatic carbocycles. The van der Waals surface area contributed by atoms with E-state index in [1.165, 1.54) is 11.3 Å². The second-order valence-electron chi connectivity index (χ2n) is 7.16. The number of aromatic nitrogens is 2. The molecule has 0 aliphatic rings. The van der Waals surface area contributed by atoms with E-state index in [0.29, 0.717) is 29.4 Å². The van der Waals surface area contributed by atoms with Crippen LogP contribution in [0.5, 0.6) is 5.75 Å². The lowest BCUT2D eigenvalue weighted by Crippen LogP contribution is -2.25. The Hall–Kier alpha value is -3.30. The molecule has 0 bridgehead atoms. The van der Waals surface area contributed by atoms with Gasteiger partial charge in [-0.3, -0.25) is 9.59 Å². The Bertz CT molecular complexity index is 1010. The molecule has 1 aromatic heterocycles. The van der Waals surface area contributed by atoms with Crippen LogP contribution < -0.4 is 15.4 Å². The van der Waals surface area contributed by atoms with Gasteiger partial charge in [-0.2, -0.15) is 0 Å². The van der Waals surface area contributed by atoms with Crippen molar-refractivity contribution in [3.8, 4) is 5.75 Å². The van der Waals surface area contributed by atoms with Crippen molar-refractivity contribution in [1.82, 2.24) is 15.5 Å². The number of ether oxygens (including phenoxy) is 2. The van der Waals surface area contributed by atoms with Crippen LogP contribution in [0.4, 0.5) is 5.69 Å². The Morgan fingerprint density at radius 2 is 1.75 bits per heavy atom. The molecule has 2 N–H and O–H groups in total. The Morgan fingerprint density at radius 1 is 1.00 bits per heavy atom. The number of hydrogen-bond donors (Lipinski definition) is 2. The van der Waals surface area contributed by atoms with Crippen LogP contribution in [0, 0.1) is 0 Å². The first kappa shape index (κ1) is 23.4. The first-order chi connectivity index (χ1) is 15.5. The first-order valence-corrected chi connectivity index (χ1v) is 11.1. The summed E-state index contributed by atoms with van der Waals surface area (Å²) in [7, 11) is 0. The largest absolute Gasteiger partial charge is 0.486 e. The Labute approximate surface area is 191 Å². The number of carbonyl (C=O) groups is 2. The van der Waals surface area contributed by atoms with Gasteiger partial charge < -0.3 is 20.1 Å². The molecule has 168 valence electrons. The van der Waals surface area contributed by atoms with E-state index in [-0.39, 0.29) is 29.5 Å². The molecule has 0 aliphatic heterocycles. The fourth-order valence-electron chi connectivity index (χ4n) is 2.65. The van der Waals surface area contributed by atoms with Gasteiger partial charge in [0.05, 0.1) is 6.10 Å². The lowest BCUT2D eigenvalue weighted by Gasteiger charge is -2.09. The zero-order valence-corrected chi connectivity index (χ0v) is 18.9. The summed E-state index contributed by atoms with van der Waals surface area (Å²) in [6.07, 6.45) is 0.931. The smallest absolute Gasteiger partial charge is 0.286 e. The third-order valence-corrected chi connectivity index (χ3v) is 5.12. The highest BCUT2D eigenvalue weighted by Crippen LogP contribution is 2.17. The van der Waals surface area contributed by atoms with Crippen molar-refractivity contribution in [3.63, 3.8) is 0 Å². The molecule has 0 aliphatic carbocycles. The van der Waals surface area contributed by atoms with E-state index >= 15 is 0 Å². The minimum Gasteiger partial charge on any atom is -0.486 e. The number of anilines is 1. The average molecular weight is 455 g/mol. The molecule has 9 heteroatoms. The molecule has 0 fully saturated rings. The van der Waals surface area contributed by atoms with E-state index in [4.69, 9.17) is 9.47 Å². The molecular formula is C23H26N4O4S. The van der Waals surface area contributed by atoms with Crippen LogP contribution in [0.3, 0.4) is 0 Å². The average Bonchev–Trinajstić information content (AvgIpc) is 3.28. The number of benzene rings is 2. The maximum Gasteiger partial charge on any atom is 0.286 e. The van der Waals surface area contributed by atoms with Crippen LogP contribution in [-0.4, -0.2) is 41.3 Å². The highest BCUT2D eigenvalue weighted by Gasteiger charge is 2.14. The van der Waals surface area contributed by atoms with Crippen LogP contribution in [0.15, 0.2) is 54.6 Å². The Balaban J connectivity index is 1.45. The number of hydrogen-bond acceptors (Lipinski definition) is 7. The van der Waals surface area contributed by atoms with E-state index < -0.39 is 0 Å². The lowest BCUT2D eigenvalue weighted by atomic mass is 10.2. The molecule has 3 aromatic rings. The van der Waals surface area contributed by atoms with Gasteiger partial charge in [-0.25, -0.2) is 0 Å². The maximum atomic E-state index is 12.4. The van der Waals surface area contributed by atoms with Crippen molar-refractivity contribution in [2.24, 2.45) is 0 Å². The molecule has 0 radical (unpaired) electrons. The van der Waals surface area contributed by atoms with E-state index in [9.17, 15) is 9.59 Å². The van der Waals surface area contributed by atoms with Crippen LogP contribution in [-0.2, 0) is 11.3 Å². The van der Waals surface area contributed by atoms with Gasteiger partial charge in [-0.05, 0) is 56.7 Å². The number of rotatable bonds is 11. The van der Waals surface area contributed by atoms with Crippen LogP contribution in [0.2, 0.25) is 0 Å². The van der Waals surface area contributed by atoms with Crippen LogP contribution in [0.1, 0.15) is 45.4 Å². The predicted molar refractivity (Wildman–Crippen MR) is 123 cm³/mol. The van der Waals surface area contributed by atoms with Gasteiger partial charge in [0, 0.05) is 24.4 Å². The number of nitrogens with one attached hydrogen (secondary N) is 2. The molecule has 0 saturated carbocycles. The van der Waals surface area contributed by atoms with Gasteiger partial charge in [0.1, 0.15) is 12.4 Å². The molecule has 8 nitrogen and oxygen atoms in total. The first-order valence-electron chi connectivity index (χ1n) is 10.3. The molecule has 2 amide bonds. The second kappa shape index (κ2) is 11.9. The maximum absolute atomic E-state index is 12.4. The second-order valence-corrected chi connectivity index (χ2v) is 8.23. The zero-order valence-electron chi connectivity index (χ0n) is 18.0. The fraction of sp³-hybridized carbons (Fsp3) is 0.304. The minimum atomic E-state index is -0.365. The van der Waals surface area contributed by atoms with Gasteiger partial charge >= 0.3 is 0 Å². The summed E-state index contributed by atoms with van der Waals surface area (Å²) in [6, 6.07) is 16.0. The molecule has 3 rings (SSSR count). The van der Waals surface area contributed by atoms with Crippen LogP contribution >= 0.6 is 11.3 Å². The lowest BCUT2D eigenvalue weighted by molar-refractivity contribution is 0.0757. The van der Waals surface area contributed by atoms with Crippen molar-refractivity contribution in [2.45, 2.75) is 33.0 Å². The number of amides is 2. The summed E-state index contributed by atoms with van der Waals surface area (Å²) in [5.41, 5.74) is 1.08. The number of nitrogens with zero attached hydrogens (tertiary/aromatic N) is 2. The molecule has 32 heavy (non-hydrogen) atoms. The summed E-state index contributed by atoms with van der Waals surface area (Å²) in [4.78, 5) is 24.6. The third kappa shape index (κ3) is 7.44. The third-order valence-electron chi connectivity index (χ3n) is 4.23. The van der Waals surface area contributed by atoms with E-state index in [2.05, 4.69) is 20.8 Å². The van der Waals surface area contributed by atoms with E-state index in [1.54, 1.807) is 24.3 Å². The number of para-hydroxylation sites is 1. The monoisotopic (exact) mass is 454 g/mol. The minimum absolute atomic E-state index is 0.167. The summed E-state index contributed by atoms with van der Waals surface area (Å²) in [5.74, 6) is 0.192. The molecule has 1 heterocycles. The standard InChI is InChI=1S/C23H26N4O4S/c1-16(2)30-14-6-13-24-21(28)17-9-11-18(12-10-17)25-22(29)23-27-26-20(32-23)15-31-19-7-4-3-5-8-19/h3-5,7-12,16H,6,13-15H2,1-2H3,(H,24,28)(H,25,29). The zero-order chi connectivity index (χ0) is 22.8. The quantitative estimate of drug-likeness (QED) is 0.426. The van der Waals surface area contributed by atoms with Gasteiger partial charge in [-0.15, -0.1) is 10.2 Å². The summed E-state index contributed by atoms with van der Waals surface area (Å²) < 4.78 is 11.1. The normalized spacial score (nSPS) is 10.7. The van der Waals surface area contributed by atoms with E-state index in [1.807, 2.05) is 44.2 Å². The van der Waals surface area contributed by atoms with Crippen molar-refractivity contribution in [3.05, 3.63) is 70.2 Å². The molecule has 0 atom stereocenters. The molecular weight excluding hydrogens is 428 g/mol. The number of carbonyl (C=O) groups excluding carboxylic acids is 2. The van der Waals surface area contributed by atoms with Crippen LogP contribution in [0.25, 0.3) is 0 Å². The molecule has 0 spiro atoms. The summed E-state index contributed by atoms with van der Waals surface area (Å²) in [6.45, 7) is 5.33. The highest BCUT2D eigenvalue weighted by molar-refractivity contribution is 7.13. The molecule has 0 unspecified atom stereocenters. The van der Waals surface area contributed by atoms with Crippen molar-refractivity contribution in [2.75, 3.05) is 18.5 Å². The van der Waals surface area contributed by atoms with Gasteiger partial charge in [-0.1, -0.05) is 29.5 Å². The van der Waals surface area contributed by atoms with E-state index in [0.717, 1.165) is 12.2 Å². The fourth-order valence-corrected chi connectivity index (χ4v) is 3.30. The molecule has 0 saturated heterocycles. The summed E-state index contributed by atoms with van der Waals surface area (Å²) >= 11 is 1.17. The predicted octanol–water partition coefficient (Wildman–Crippen LogP) is 3.91. The van der Waals surface area contributed by atoms with Gasteiger partial charge in [0.25, 0.3) is 11.8 Å². The van der Waals surface area contributed by atoms with Crippen molar-refractivity contribution >= 4 is 28.8 Å². The van der Waals surface area contributed by atoms with Gasteiger partial charge in [0.2, 0.25) is 5.01 Å². The Kier molecular flexibility index (Phi) is 8.70. The van der Waals surface area contributed by atoms with Crippen molar-refractivity contribution < 1.29 is 19.1 Å². The highest BCUT2D eigenvalue weighted by atomic mass is 32.1. The Morgan fingerprint density at radius 3 is 2.47 bits per heavy atom. The van der Waals surface area contributed by atoms with Gasteiger partial charge in [0.15, 0.2) is 5.01 Å². The SMILES string of the molecule is CC(C)OCCCNC(=O)c1ccc(NC(=O)c2nnc(COc3ccccc3)s2)cc1. The summed E-state index contributed by atoms with van der Waals surface area (Å²) in [5, 5.41) is 14.4. The topological polar surface area (TPSA) is 102 Å².